The van der Waals surface area contributed by atoms with Gasteiger partial charge < -0.3 is 25.1 Å². The van der Waals surface area contributed by atoms with E-state index in [4.69, 9.17) is 4.42 Å². The molecule has 3 rings (SSSR count). The predicted molar refractivity (Wildman–Crippen MR) is 114 cm³/mol. The molecule has 0 aliphatic carbocycles. The van der Waals surface area contributed by atoms with Crippen LogP contribution in [-0.4, -0.2) is 36.2 Å². The lowest BCUT2D eigenvalue weighted by molar-refractivity contribution is -0.147. The Morgan fingerprint density at radius 1 is 1.12 bits per heavy atom. The standard InChI is InChI=1S/C20H17BrF3N3O5/c1-8-4-7-11(32-8)18(20(22,23)24)26-14-13(16(29)17(14)30)25-10-6-5-9(21)12(15(10)28)19(31)27(2)3/h4-7,18,25-26,28H,1-3H3. The lowest BCUT2D eigenvalue weighted by atomic mass is 10.1. The molecule has 8 nitrogen and oxygen atoms in total. The Balaban J connectivity index is 1.99. The summed E-state index contributed by atoms with van der Waals surface area (Å²) in [5.74, 6) is -1.37. The zero-order valence-corrected chi connectivity index (χ0v) is 18.5. The number of furan rings is 1. The monoisotopic (exact) mass is 515 g/mol. The molecule has 0 radical (unpaired) electrons. The largest absolute Gasteiger partial charge is 0.505 e. The van der Waals surface area contributed by atoms with Gasteiger partial charge in [-0.1, -0.05) is 0 Å². The van der Waals surface area contributed by atoms with Gasteiger partial charge in [-0.3, -0.25) is 14.4 Å². The number of rotatable bonds is 6. The molecular weight excluding hydrogens is 499 g/mol. The Labute approximate surface area is 187 Å². The van der Waals surface area contributed by atoms with E-state index in [-0.39, 0.29) is 21.5 Å². The minimum atomic E-state index is -4.84. The first-order valence-corrected chi connectivity index (χ1v) is 9.85. The molecule has 0 saturated heterocycles. The van der Waals surface area contributed by atoms with Gasteiger partial charge >= 0.3 is 6.18 Å². The van der Waals surface area contributed by atoms with Crippen molar-refractivity contribution in [1.82, 2.24) is 4.90 Å². The molecular formula is C20H17BrF3N3O5. The number of amides is 1. The van der Waals surface area contributed by atoms with Crippen molar-refractivity contribution in [2.45, 2.75) is 19.1 Å². The van der Waals surface area contributed by atoms with Crippen LogP contribution in [0.2, 0.25) is 0 Å². The highest BCUT2D eigenvalue weighted by Gasteiger charge is 2.44. The van der Waals surface area contributed by atoms with Gasteiger partial charge in [0.05, 0.1) is 11.3 Å². The van der Waals surface area contributed by atoms with Crippen LogP contribution in [0.4, 0.5) is 30.2 Å². The summed E-state index contributed by atoms with van der Waals surface area (Å²) in [5.41, 5.74) is -3.61. The molecule has 12 heteroatoms. The van der Waals surface area contributed by atoms with Gasteiger partial charge in [-0.05, 0) is 47.1 Å². The van der Waals surface area contributed by atoms with E-state index in [9.17, 15) is 32.7 Å². The van der Waals surface area contributed by atoms with E-state index in [0.29, 0.717) is 0 Å². The SMILES string of the molecule is Cc1ccc(C(Nc2c(Nc3ccc(Br)c(C(=O)N(C)C)c3O)c(=O)c2=O)C(F)(F)F)o1. The van der Waals surface area contributed by atoms with Crippen molar-refractivity contribution in [3.63, 3.8) is 0 Å². The van der Waals surface area contributed by atoms with Crippen LogP contribution >= 0.6 is 15.9 Å². The highest BCUT2D eigenvalue weighted by molar-refractivity contribution is 9.10. The van der Waals surface area contributed by atoms with Gasteiger partial charge in [-0.15, -0.1) is 0 Å². The summed E-state index contributed by atoms with van der Waals surface area (Å²) < 4.78 is 46.1. The summed E-state index contributed by atoms with van der Waals surface area (Å²) in [6.07, 6.45) is -4.84. The number of anilines is 3. The molecule has 0 spiro atoms. The Morgan fingerprint density at radius 2 is 1.75 bits per heavy atom. The number of alkyl halides is 3. The van der Waals surface area contributed by atoms with Crippen molar-refractivity contribution >= 4 is 38.9 Å². The molecule has 0 saturated carbocycles. The number of nitrogens with one attached hydrogen (secondary N) is 2. The normalized spacial score (nSPS) is 12.6. The van der Waals surface area contributed by atoms with Gasteiger partial charge in [0.15, 0.2) is 11.8 Å². The third-order valence-electron chi connectivity index (χ3n) is 4.58. The van der Waals surface area contributed by atoms with Crippen molar-refractivity contribution in [2.75, 3.05) is 24.7 Å². The summed E-state index contributed by atoms with van der Waals surface area (Å²) in [4.78, 5) is 37.6. The highest BCUT2D eigenvalue weighted by Crippen LogP contribution is 2.39. The van der Waals surface area contributed by atoms with Gasteiger partial charge in [0, 0.05) is 18.6 Å². The van der Waals surface area contributed by atoms with Crippen molar-refractivity contribution in [1.29, 1.82) is 0 Å². The predicted octanol–water partition coefficient (Wildman–Crippen LogP) is 3.81. The Hall–Kier alpha value is -3.28. The topological polar surface area (TPSA) is 112 Å². The van der Waals surface area contributed by atoms with E-state index in [1.807, 2.05) is 5.32 Å². The summed E-state index contributed by atoms with van der Waals surface area (Å²) >= 11 is 3.15. The number of nitrogens with zero attached hydrogens (tertiary/aromatic N) is 1. The summed E-state index contributed by atoms with van der Waals surface area (Å²) in [5, 5.41) is 15.0. The van der Waals surface area contributed by atoms with Crippen LogP contribution in [0, 0.1) is 6.92 Å². The number of aromatic hydroxyl groups is 1. The van der Waals surface area contributed by atoms with Gasteiger partial charge in [0.25, 0.3) is 16.8 Å². The average molecular weight is 516 g/mol. The number of phenols is 1. The van der Waals surface area contributed by atoms with Crippen LogP contribution in [0.5, 0.6) is 5.75 Å². The van der Waals surface area contributed by atoms with E-state index in [1.165, 1.54) is 44.1 Å². The van der Waals surface area contributed by atoms with Gasteiger partial charge in [-0.2, -0.15) is 13.2 Å². The summed E-state index contributed by atoms with van der Waals surface area (Å²) in [6, 6.07) is 2.76. The smallest absolute Gasteiger partial charge is 0.415 e. The molecule has 170 valence electrons. The van der Waals surface area contributed by atoms with Crippen LogP contribution in [-0.2, 0) is 0 Å². The molecule has 1 unspecified atom stereocenters. The second-order valence-electron chi connectivity index (χ2n) is 7.12. The van der Waals surface area contributed by atoms with Crippen LogP contribution < -0.4 is 21.5 Å². The second kappa shape index (κ2) is 8.34. The first-order chi connectivity index (χ1) is 14.8. The number of carbonyl (C=O) groups is 1. The number of hydrogen-bond donors (Lipinski definition) is 3. The average Bonchev–Trinajstić information content (AvgIpc) is 3.12. The number of halogens is 4. The number of phenolic OH excluding ortho intramolecular Hbond substituents is 1. The number of aryl methyl sites for hydroxylation is 1. The third-order valence-corrected chi connectivity index (χ3v) is 5.24. The molecule has 1 aromatic heterocycles. The zero-order chi connectivity index (χ0) is 24.0. The number of benzene rings is 1. The fourth-order valence-corrected chi connectivity index (χ4v) is 3.43. The molecule has 32 heavy (non-hydrogen) atoms. The minimum Gasteiger partial charge on any atom is -0.505 e. The second-order valence-corrected chi connectivity index (χ2v) is 7.97. The van der Waals surface area contributed by atoms with Crippen molar-refractivity contribution in [2.24, 2.45) is 0 Å². The van der Waals surface area contributed by atoms with Crippen molar-refractivity contribution in [3.05, 3.63) is 66.3 Å². The maximum absolute atomic E-state index is 13.6. The van der Waals surface area contributed by atoms with Crippen LogP contribution in [0.25, 0.3) is 0 Å². The minimum absolute atomic E-state index is 0.132. The molecule has 2 aromatic carbocycles. The van der Waals surface area contributed by atoms with Gasteiger partial charge in [0.1, 0.15) is 22.9 Å². The van der Waals surface area contributed by atoms with Crippen LogP contribution in [0.3, 0.4) is 0 Å². The first kappa shape index (κ1) is 23.4. The molecule has 1 amide bonds. The fourth-order valence-electron chi connectivity index (χ4n) is 2.94. The number of carbonyl (C=O) groups excluding carboxylic acids is 1. The molecule has 3 aromatic rings. The molecule has 1 atom stereocenters. The quantitative estimate of drug-likeness (QED) is 0.338. The third kappa shape index (κ3) is 4.22. The summed E-state index contributed by atoms with van der Waals surface area (Å²) in [7, 11) is 2.92. The highest BCUT2D eigenvalue weighted by atomic mass is 79.9. The van der Waals surface area contributed by atoms with Crippen molar-refractivity contribution < 1.29 is 27.5 Å². The first-order valence-electron chi connectivity index (χ1n) is 9.06. The Bertz CT molecular complexity index is 1260. The van der Waals surface area contributed by atoms with Crippen LogP contribution in [0.1, 0.15) is 27.9 Å². The zero-order valence-electron chi connectivity index (χ0n) is 16.9. The van der Waals surface area contributed by atoms with Crippen LogP contribution in [0.15, 0.2) is 42.7 Å². The molecule has 0 fully saturated rings. The molecule has 1 heterocycles. The Morgan fingerprint density at radius 3 is 2.28 bits per heavy atom. The van der Waals surface area contributed by atoms with E-state index >= 15 is 0 Å². The van der Waals surface area contributed by atoms with E-state index in [0.717, 1.165) is 6.07 Å². The molecule has 0 aliphatic heterocycles. The lowest BCUT2D eigenvalue weighted by Crippen LogP contribution is -2.40. The van der Waals surface area contributed by atoms with E-state index in [2.05, 4.69) is 21.2 Å². The fraction of sp³-hybridized carbons (Fsp3) is 0.250. The summed E-state index contributed by atoms with van der Waals surface area (Å²) in [6.45, 7) is 1.46. The van der Waals surface area contributed by atoms with Crippen molar-refractivity contribution in [3.8, 4) is 5.75 Å². The molecule has 0 aliphatic rings. The van der Waals surface area contributed by atoms with E-state index in [1.54, 1.807) is 0 Å². The molecule has 0 bridgehead atoms. The lowest BCUT2D eigenvalue weighted by Gasteiger charge is -2.23. The van der Waals surface area contributed by atoms with E-state index < -0.39 is 51.9 Å². The Kier molecular flexibility index (Phi) is 6.09. The maximum Gasteiger partial charge on any atom is 0.415 e. The van der Waals surface area contributed by atoms with Gasteiger partial charge in [-0.25, -0.2) is 0 Å². The van der Waals surface area contributed by atoms with Gasteiger partial charge in [0.2, 0.25) is 0 Å². The number of hydrogen-bond acceptors (Lipinski definition) is 7. The molecule has 3 N–H and O–H groups in total. The maximum atomic E-state index is 13.6.